The molecule has 2 nitrogen and oxygen atoms in total. The monoisotopic (exact) mass is 111 g/mol. The van der Waals surface area contributed by atoms with E-state index < -0.39 is 0 Å². The van der Waals surface area contributed by atoms with Crippen molar-refractivity contribution in [3.63, 3.8) is 0 Å². The molecule has 0 aromatic rings. The fraction of sp³-hybridized carbons (Fsp3) is 0.333. The molecule has 0 spiro atoms. The van der Waals surface area contributed by atoms with Crippen LogP contribution in [-0.4, -0.2) is 6.61 Å². The SMILES string of the molecule is CC1=COCC(N)=C1. The lowest BCUT2D eigenvalue weighted by Gasteiger charge is -2.07. The van der Waals surface area contributed by atoms with E-state index in [-0.39, 0.29) is 0 Å². The van der Waals surface area contributed by atoms with Crippen LogP contribution >= 0.6 is 0 Å². The predicted octanol–water partition coefficient (Wildman–Crippen LogP) is 0.763. The van der Waals surface area contributed by atoms with Gasteiger partial charge in [0.15, 0.2) is 0 Å². The second kappa shape index (κ2) is 1.90. The molecule has 0 aromatic heterocycles. The number of hydrogen-bond acceptors (Lipinski definition) is 2. The Morgan fingerprint density at radius 2 is 2.50 bits per heavy atom. The minimum atomic E-state index is 0.539. The molecule has 1 rings (SSSR count). The Morgan fingerprint density at radius 1 is 1.75 bits per heavy atom. The van der Waals surface area contributed by atoms with Gasteiger partial charge >= 0.3 is 0 Å². The Morgan fingerprint density at radius 3 is 2.88 bits per heavy atom. The summed E-state index contributed by atoms with van der Waals surface area (Å²) in [7, 11) is 0. The average molecular weight is 111 g/mol. The van der Waals surface area contributed by atoms with Gasteiger partial charge in [-0.1, -0.05) is 0 Å². The van der Waals surface area contributed by atoms with Crippen molar-refractivity contribution in [3.8, 4) is 0 Å². The Hall–Kier alpha value is -0.920. The molecular weight excluding hydrogens is 102 g/mol. The molecule has 0 bridgehead atoms. The molecule has 8 heavy (non-hydrogen) atoms. The summed E-state index contributed by atoms with van der Waals surface area (Å²) in [6.07, 6.45) is 3.61. The zero-order valence-electron chi connectivity index (χ0n) is 4.85. The molecular formula is C6H9NO. The van der Waals surface area contributed by atoms with Gasteiger partial charge in [-0.3, -0.25) is 0 Å². The Kier molecular flexibility index (Phi) is 1.24. The molecule has 1 aliphatic heterocycles. The summed E-state index contributed by atoms with van der Waals surface area (Å²) in [5, 5.41) is 0. The molecule has 0 amide bonds. The van der Waals surface area contributed by atoms with E-state index in [1.807, 2.05) is 13.0 Å². The number of allylic oxidation sites excluding steroid dienone is 2. The van der Waals surface area contributed by atoms with Crippen LogP contribution in [0.15, 0.2) is 23.6 Å². The molecule has 1 heterocycles. The first-order chi connectivity index (χ1) is 3.79. The van der Waals surface area contributed by atoms with E-state index in [1.165, 1.54) is 0 Å². The van der Waals surface area contributed by atoms with Crippen molar-refractivity contribution in [1.29, 1.82) is 0 Å². The summed E-state index contributed by atoms with van der Waals surface area (Å²) in [4.78, 5) is 0. The van der Waals surface area contributed by atoms with Gasteiger partial charge < -0.3 is 10.5 Å². The first-order valence-electron chi connectivity index (χ1n) is 2.53. The van der Waals surface area contributed by atoms with Crippen molar-refractivity contribution in [2.45, 2.75) is 6.92 Å². The highest BCUT2D eigenvalue weighted by Gasteiger charge is 1.95. The third kappa shape index (κ3) is 1.03. The fourth-order valence-corrected chi connectivity index (χ4v) is 0.637. The first kappa shape index (κ1) is 5.22. The second-order valence-electron chi connectivity index (χ2n) is 1.89. The molecule has 0 radical (unpaired) electrons. The van der Waals surface area contributed by atoms with Gasteiger partial charge in [0.1, 0.15) is 6.61 Å². The second-order valence-corrected chi connectivity index (χ2v) is 1.89. The third-order valence-corrected chi connectivity index (χ3v) is 0.932. The highest BCUT2D eigenvalue weighted by atomic mass is 16.5. The van der Waals surface area contributed by atoms with Crippen molar-refractivity contribution >= 4 is 0 Å². The smallest absolute Gasteiger partial charge is 0.127 e. The lowest BCUT2D eigenvalue weighted by atomic mass is 10.2. The third-order valence-electron chi connectivity index (χ3n) is 0.932. The number of ether oxygens (including phenoxy) is 1. The van der Waals surface area contributed by atoms with Gasteiger partial charge in [0, 0.05) is 5.70 Å². The molecule has 44 valence electrons. The lowest BCUT2D eigenvalue weighted by Crippen LogP contribution is -2.07. The highest BCUT2D eigenvalue weighted by molar-refractivity contribution is 5.21. The van der Waals surface area contributed by atoms with Gasteiger partial charge in [0.2, 0.25) is 0 Å². The summed E-state index contributed by atoms with van der Waals surface area (Å²) in [6, 6.07) is 0. The molecule has 2 N–H and O–H groups in total. The van der Waals surface area contributed by atoms with E-state index in [1.54, 1.807) is 6.26 Å². The van der Waals surface area contributed by atoms with Gasteiger partial charge in [-0.15, -0.1) is 0 Å². The van der Waals surface area contributed by atoms with Crippen LogP contribution in [0.2, 0.25) is 0 Å². The first-order valence-corrected chi connectivity index (χ1v) is 2.53. The topological polar surface area (TPSA) is 35.2 Å². The summed E-state index contributed by atoms with van der Waals surface area (Å²) in [5.41, 5.74) is 7.29. The van der Waals surface area contributed by atoms with Gasteiger partial charge in [-0.2, -0.15) is 0 Å². The average Bonchev–Trinajstić information content (AvgIpc) is 1.64. The number of rotatable bonds is 0. The molecule has 0 unspecified atom stereocenters. The van der Waals surface area contributed by atoms with E-state index in [9.17, 15) is 0 Å². The maximum absolute atomic E-state index is 5.42. The van der Waals surface area contributed by atoms with Crippen LogP contribution in [0.1, 0.15) is 6.92 Å². The zero-order chi connectivity index (χ0) is 5.98. The van der Waals surface area contributed by atoms with Crippen LogP contribution < -0.4 is 5.73 Å². The predicted molar refractivity (Wildman–Crippen MR) is 32.0 cm³/mol. The van der Waals surface area contributed by atoms with E-state index in [4.69, 9.17) is 10.5 Å². The highest BCUT2D eigenvalue weighted by Crippen LogP contribution is 2.04. The van der Waals surface area contributed by atoms with Crippen molar-refractivity contribution in [2.24, 2.45) is 5.73 Å². The largest absolute Gasteiger partial charge is 0.495 e. The summed E-state index contributed by atoms with van der Waals surface area (Å²) in [6.45, 7) is 2.49. The van der Waals surface area contributed by atoms with Crippen LogP contribution in [0, 0.1) is 0 Å². The molecule has 0 saturated heterocycles. The molecule has 2 heteroatoms. The Bertz CT molecular complexity index is 147. The fourth-order valence-electron chi connectivity index (χ4n) is 0.637. The van der Waals surface area contributed by atoms with E-state index in [0.29, 0.717) is 6.61 Å². The Balaban J connectivity index is 2.69. The van der Waals surface area contributed by atoms with Crippen molar-refractivity contribution in [1.82, 2.24) is 0 Å². The quantitative estimate of drug-likeness (QED) is 0.501. The van der Waals surface area contributed by atoms with Crippen LogP contribution in [-0.2, 0) is 4.74 Å². The van der Waals surface area contributed by atoms with E-state index in [0.717, 1.165) is 11.3 Å². The summed E-state index contributed by atoms with van der Waals surface area (Å²) >= 11 is 0. The normalized spacial score (nSPS) is 18.6. The maximum atomic E-state index is 5.42. The minimum absolute atomic E-state index is 0.539. The zero-order valence-corrected chi connectivity index (χ0v) is 4.85. The Labute approximate surface area is 48.6 Å². The van der Waals surface area contributed by atoms with Gasteiger partial charge in [0.25, 0.3) is 0 Å². The molecule has 0 aromatic carbocycles. The summed E-state index contributed by atoms with van der Waals surface area (Å²) < 4.78 is 4.94. The van der Waals surface area contributed by atoms with Crippen LogP contribution in [0.25, 0.3) is 0 Å². The molecule has 0 saturated carbocycles. The minimum Gasteiger partial charge on any atom is -0.495 e. The van der Waals surface area contributed by atoms with Crippen LogP contribution in [0.3, 0.4) is 0 Å². The van der Waals surface area contributed by atoms with E-state index >= 15 is 0 Å². The molecule has 0 atom stereocenters. The van der Waals surface area contributed by atoms with Crippen LogP contribution in [0.4, 0.5) is 0 Å². The van der Waals surface area contributed by atoms with Crippen molar-refractivity contribution in [2.75, 3.05) is 6.61 Å². The van der Waals surface area contributed by atoms with Gasteiger partial charge in [0.05, 0.1) is 6.26 Å². The summed E-state index contributed by atoms with van der Waals surface area (Å²) in [5.74, 6) is 0. The maximum Gasteiger partial charge on any atom is 0.127 e. The van der Waals surface area contributed by atoms with E-state index in [2.05, 4.69) is 0 Å². The molecule has 0 fully saturated rings. The molecule has 1 aliphatic rings. The number of nitrogens with two attached hydrogens (primary N) is 1. The molecule has 0 aliphatic carbocycles. The van der Waals surface area contributed by atoms with Crippen LogP contribution in [0.5, 0.6) is 0 Å². The van der Waals surface area contributed by atoms with Gasteiger partial charge in [-0.05, 0) is 18.6 Å². The van der Waals surface area contributed by atoms with Gasteiger partial charge in [-0.25, -0.2) is 0 Å². The van der Waals surface area contributed by atoms with Crippen molar-refractivity contribution in [3.05, 3.63) is 23.6 Å². The van der Waals surface area contributed by atoms with Crippen molar-refractivity contribution < 1.29 is 4.74 Å². The number of hydrogen-bond donors (Lipinski definition) is 1. The lowest BCUT2D eigenvalue weighted by molar-refractivity contribution is 0.271. The standard InChI is InChI=1S/C6H9NO/c1-5-2-6(7)4-8-3-5/h2-3H,4,7H2,1H3.